The van der Waals surface area contributed by atoms with E-state index in [1.165, 1.54) is 24.3 Å². The van der Waals surface area contributed by atoms with Crippen LogP contribution in [0.25, 0.3) is 11.3 Å². The standard InChI is InChI=1S/C23H19FN2O3S/c1-16-14-18(24)12-13-20(16)22-23(26-30(27,28)19-10-6-3-7-11-19)25-21(29-22)15-17-8-4-2-5-9-17/h2-14,26H,15H2,1H3. The average Bonchev–Trinajstić information content (AvgIpc) is 3.10. The lowest BCUT2D eigenvalue weighted by Crippen LogP contribution is -2.13. The third kappa shape index (κ3) is 4.26. The Labute approximate surface area is 174 Å². The summed E-state index contributed by atoms with van der Waals surface area (Å²) in [6, 6.07) is 21.8. The molecule has 0 atom stereocenters. The van der Waals surface area contributed by atoms with Crippen molar-refractivity contribution in [3.63, 3.8) is 0 Å². The zero-order valence-electron chi connectivity index (χ0n) is 16.2. The number of hydrogen-bond donors (Lipinski definition) is 1. The first-order valence-corrected chi connectivity index (χ1v) is 10.8. The molecule has 0 unspecified atom stereocenters. The van der Waals surface area contributed by atoms with Crippen LogP contribution in [0, 0.1) is 12.7 Å². The van der Waals surface area contributed by atoms with Gasteiger partial charge in [-0.15, -0.1) is 0 Å². The van der Waals surface area contributed by atoms with Crippen LogP contribution in [0.4, 0.5) is 10.2 Å². The molecule has 0 spiro atoms. The molecule has 0 fully saturated rings. The molecule has 0 aliphatic rings. The highest BCUT2D eigenvalue weighted by Gasteiger charge is 2.23. The molecule has 0 saturated heterocycles. The zero-order chi connectivity index (χ0) is 21.1. The Bertz CT molecular complexity index is 1270. The minimum Gasteiger partial charge on any atom is -0.438 e. The molecule has 7 heteroatoms. The number of oxazole rings is 1. The summed E-state index contributed by atoms with van der Waals surface area (Å²) in [6.45, 7) is 1.73. The first-order valence-electron chi connectivity index (χ1n) is 9.30. The van der Waals surface area contributed by atoms with E-state index >= 15 is 0 Å². The van der Waals surface area contributed by atoms with Crippen LogP contribution in [0.5, 0.6) is 0 Å². The van der Waals surface area contributed by atoms with Crippen molar-refractivity contribution < 1.29 is 17.2 Å². The number of aryl methyl sites for hydroxylation is 1. The highest BCUT2D eigenvalue weighted by atomic mass is 32.2. The second kappa shape index (κ2) is 8.12. The molecule has 3 aromatic carbocycles. The van der Waals surface area contributed by atoms with E-state index in [-0.39, 0.29) is 22.3 Å². The smallest absolute Gasteiger partial charge is 0.263 e. The molecule has 0 bridgehead atoms. The maximum atomic E-state index is 13.6. The lowest BCUT2D eigenvalue weighted by molar-refractivity contribution is 0.519. The fraction of sp³-hybridized carbons (Fsp3) is 0.0870. The number of halogens is 1. The molecule has 4 rings (SSSR count). The molecule has 0 aliphatic heterocycles. The van der Waals surface area contributed by atoms with E-state index in [1.54, 1.807) is 31.2 Å². The Balaban J connectivity index is 1.77. The molecule has 0 aliphatic carbocycles. The first kappa shape index (κ1) is 19.8. The van der Waals surface area contributed by atoms with Crippen LogP contribution in [0.1, 0.15) is 17.0 Å². The minimum atomic E-state index is -3.87. The third-order valence-corrected chi connectivity index (χ3v) is 5.94. The fourth-order valence-electron chi connectivity index (χ4n) is 3.13. The second-order valence-corrected chi connectivity index (χ2v) is 8.51. The molecule has 1 aromatic heterocycles. The van der Waals surface area contributed by atoms with Crippen molar-refractivity contribution in [2.24, 2.45) is 0 Å². The molecule has 4 aromatic rings. The highest BCUT2D eigenvalue weighted by Crippen LogP contribution is 2.33. The van der Waals surface area contributed by atoms with E-state index < -0.39 is 10.0 Å². The van der Waals surface area contributed by atoms with Gasteiger partial charge in [0.05, 0.1) is 4.90 Å². The summed E-state index contributed by atoms with van der Waals surface area (Å²) in [5, 5.41) is 0. The molecule has 5 nitrogen and oxygen atoms in total. The number of sulfonamides is 1. The summed E-state index contributed by atoms with van der Waals surface area (Å²) in [5.41, 5.74) is 2.14. The summed E-state index contributed by atoms with van der Waals surface area (Å²) in [4.78, 5) is 4.52. The normalized spacial score (nSPS) is 11.4. The Morgan fingerprint density at radius 1 is 0.967 bits per heavy atom. The van der Waals surface area contributed by atoms with Gasteiger partial charge in [-0.05, 0) is 48.4 Å². The third-order valence-electron chi connectivity index (χ3n) is 4.59. The Morgan fingerprint density at radius 2 is 1.63 bits per heavy atom. The summed E-state index contributed by atoms with van der Waals surface area (Å²) in [7, 11) is -3.87. The first-order chi connectivity index (χ1) is 14.4. The summed E-state index contributed by atoms with van der Waals surface area (Å²) in [6.07, 6.45) is 0.390. The molecular weight excluding hydrogens is 403 g/mol. The number of rotatable bonds is 6. The van der Waals surface area contributed by atoms with Gasteiger partial charge in [0.2, 0.25) is 5.89 Å². The van der Waals surface area contributed by atoms with Gasteiger partial charge in [-0.25, -0.2) is 12.8 Å². The largest absolute Gasteiger partial charge is 0.438 e. The maximum absolute atomic E-state index is 13.6. The molecular formula is C23H19FN2O3S. The van der Waals surface area contributed by atoms with E-state index in [1.807, 2.05) is 30.3 Å². The molecule has 0 radical (unpaired) electrons. The van der Waals surface area contributed by atoms with Crippen LogP contribution >= 0.6 is 0 Å². The maximum Gasteiger partial charge on any atom is 0.263 e. The lowest BCUT2D eigenvalue weighted by atomic mass is 10.1. The van der Waals surface area contributed by atoms with Gasteiger partial charge in [0.25, 0.3) is 10.0 Å². The van der Waals surface area contributed by atoms with Crippen molar-refractivity contribution in [3.05, 3.63) is 102 Å². The Kier molecular flexibility index (Phi) is 5.37. The van der Waals surface area contributed by atoms with Crippen LogP contribution in [0.2, 0.25) is 0 Å². The number of anilines is 1. The number of nitrogens with zero attached hydrogens (tertiary/aromatic N) is 1. The Hall–Kier alpha value is -3.45. The van der Waals surface area contributed by atoms with Gasteiger partial charge >= 0.3 is 0 Å². The van der Waals surface area contributed by atoms with Gasteiger partial charge in [-0.1, -0.05) is 48.5 Å². The van der Waals surface area contributed by atoms with Gasteiger partial charge in [0, 0.05) is 12.0 Å². The number of aromatic nitrogens is 1. The fourth-order valence-corrected chi connectivity index (χ4v) is 4.16. The van der Waals surface area contributed by atoms with Crippen molar-refractivity contribution >= 4 is 15.8 Å². The Morgan fingerprint density at radius 3 is 2.30 bits per heavy atom. The van der Waals surface area contributed by atoms with Crippen molar-refractivity contribution in [2.45, 2.75) is 18.2 Å². The van der Waals surface area contributed by atoms with E-state index in [0.29, 0.717) is 23.4 Å². The molecule has 1 heterocycles. The van der Waals surface area contributed by atoms with E-state index in [2.05, 4.69) is 9.71 Å². The van der Waals surface area contributed by atoms with E-state index in [0.717, 1.165) is 5.56 Å². The molecule has 0 saturated carbocycles. The van der Waals surface area contributed by atoms with E-state index in [4.69, 9.17) is 4.42 Å². The van der Waals surface area contributed by atoms with E-state index in [9.17, 15) is 12.8 Å². The number of hydrogen-bond acceptors (Lipinski definition) is 4. The highest BCUT2D eigenvalue weighted by molar-refractivity contribution is 7.92. The van der Waals surface area contributed by atoms with Gasteiger partial charge < -0.3 is 4.42 Å². The van der Waals surface area contributed by atoms with Gasteiger partial charge in [0.1, 0.15) is 5.82 Å². The van der Waals surface area contributed by atoms with Gasteiger partial charge in [-0.2, -0.15) is 4.98 Å². The summed E-state index contributed by atoms with van der Waals surface area (Å²) in [5.74, 6) is 0.287. The van der Waals surface area contributed by atoms with Gasteiger partial charge in [0.15, 0.2) is 11.6 Å². The topological polar surface area (TPSA) is 72.2 Å². The zero-order valence-corrected chi connectivity index (χ0v) is 17.0. The molecule has 152 valence electrons. The average molecular weight is 422 g/mol. The minimum absolute atomic E-state index is 0.0690. The lowest BCUT2D eigenvalue weighted by Gasteiger charge is -2.08. The second-order valence-electron chi connectivity index (χ2n) is 6.83. The summed E-state index contributed by atoms with van der Waals surface area (Å²) < 4.78 is 47.7. The van der Waals surface area contributed by atoms with Crippen LogP contribution in [0.3, 0.4) is 0 Å². The van der Waals surface area contributed by atoms with Crippen molar-refractivity contribution in [1.29, 1.82) is 0 Å². The van der Waals surface area contributed by atoms with Crippen molar-refractivity contribution in [1.82, 2.24) is 4.98 Å². The SMILES string of the molecule is Cc1cc(F)ccc1-c1oc(Cc2ccccc2)nc1NS(=O)(=O)c1ccccc1. The van der Waals surface area contributed by atoms with Crippen LogP contribution in [0.15, 0.2) is 88.2 Å². The monoisotopic (exact) mass is 422 g/mol. The van der Waals surface area contributed by atoms with Crippen molar-refractivity contribution in [2.75, 3.05) is 4.72 Å². The van der Waals surface area contributed by atoms with Crippen LogP contribution < -0.4 is 4.72 Å². The van der Waals surface area contributed by atoms with Crippen LogP contribution in [-0.2, 0) is 16.4 Å². The van der Waals surface area contributed by atoms with Crippen molar-refractivity contribution in [3.8, 4) is 11.3 Å². The van der Waals surface area contributed by atoms with Gasteiger partial charge in [-0.3, -0.25) is 4.72 Å². The predicted octanol–water partition coefficient (Wildman–Crippen LogP) is 5.18. The molecule has 0 amide bonds. The summed E-state index contributed by atoms with van der Waals surface area (Å²) >= 11 is 0. The molecule has 30 heavy (non-hydrogen) atoms. The number of nitrogens with one attached hydrogen (secondary N) is 1. The molecule has 1 N–H and O–H groups in total. The predicted molar refractivity (Wildman–Crippen MR) is 113 cm³/mol. The van der Waals surface area contributed by atoms with Crippen LogP contribution in [-0.4, -0.2) is 13.4 Å². The number of benzene rings is 3. The quantitative estimate of drug-likeness (QED) is 0.465.